The van der Waals surface area contributed by atoms with Crippen LogP contribution in [0, 0.1) is 5.92 Å². The fourth-order valence-electron chi connectivity index (χ4n) is 6.80. The lowest BCUT2D eigenvalue weighted by atomic mass is 10.0. The zero-order valence-electron chi connectivity index (χ0n) is 35.3. The van der Waals surface area contributed by atoms with E-state index in [0.29, 0.717) is 19.3 Å². The molecule has 0 heterocycles. The van der Waals surface area contributed by atoms with Gasteiger partial charge in [-0.05, 0) is 25.2 Å². The number of unbranched alkanes of at least 4 members (excludes halogenated alkanes) is 28. The second-order valence-electron chi connectivity index (χ2n) is 16.2. The molecule has 0 amide bonds. The highest BCUT2D eigenvalue weighted by atomic mass is 16.6. The Balaban J connectivity index is 4.06. The van der Waals surface area contributed by atoms with Gasteiger partial charge >= 0.3 is 17.9 Å². The van der Waals surface area contributed by atoms with E-state index in [0.717, 1.165) is 70.1 Å². The van der Waals surface area contributed by atoms with E-state index in [4.69, 9.17) is 14.2 Å². The van der Waals surface area contributed by atoms with Gasteiger partial charge in [0.05, 0.1) is 0 Å². The molecule has 0 rings (SSSR count). The first-order valence-electron chi connectivity index (χ1n) is 22.9. The van der Waals surface area contributed by atoms with Crippen molar-refractivity contribution in [1.82, 2.24) is 0 Å². The number of carbonyl (C=O) groups excluding carboxylic acids is 3. The molecule has 0 aromatic heterocycles. The van der Waals surface area contributed by atoms with Gasteiger partial charge in [0, 0.05) is 19.3 Å². The third kappa shape index (κ3) is 39.6. The molecule has 1 atom stereocenters. The lowest BCUT2D eigenvalue weighted by Gasteiger charge is -2.18. The fourth-order valence-corrected chi connectivity index (χ4v) is 6.80. The Hall–Kier alpha value is -1.59. The van der Waals surface area contributed by atoms with Crippen LogP contribution >= 0.6 is 0 Å². The lowest BCUT2D eigenvalue weighted by molar-refractivity contribution is -0.167. The number of hydrogen-bond donors (Lipinski definition) is 0. The molecule has 0 spiro atoms. The monoisotopic (exact) mass is 737 g/mol. The maximum Gasteiger partial charge on any atom is 0.306 e. The summed E-state index contributed by atoms with van der Waals surface area (Å²) in [5, 5.41) is 0. The van der Waals surface area contributed by atoms with Crippen LogP contribution in [0.15, 0.2) is 0 Å². The van der Waals surface area contributed by atoms with Crippen LogP contribution < -0.4 is 0 Å². The third-order valence-corrected chi connectivity index (χ3v) is 10.3. The van der Waals surface area contributed by atoms with Crippen molar-refractivity contribution in [3.8, 4) is 0 Å². The van der Waals surface area contributed by atoms with E-state index in [9.17, 15) is 14.4 Å². The Bertz CT molecular complexity index is 781. The molecule has 6 heteroatoms. The summed E-state index contributed by atoms with van der Waals surface area (Å²) in [6.45, 7) is 8.92. The zero-order valence-corrected chi connectivity index (χ0v) is 35.3. The Morgan fingerprint density at radius 2 is 0.635 bits per heavy atom. The van der Waals surface area contributed by atoms with Crippen molar-refractivity contribution in [3.63, 3.8) is 0 Å². The third-order valence-electron chi connectivity index (χ3n) is 10.3. The second-order valence-corrected chi connectivity index (χ2v) is 16.2. The molecule has 0 aromatic carbocycles. The van der Waals surface area contributed by atoms with Crippen LogP contribution in [0.1, 0.15) is 252 Å². The molecular weight excluding hydrogens is 649 g/mol. The van der Waals surface area contributed by atoms with Crippen molar-refractivity contribution in [2.75, 3.05) is 13.2 Å². The van der Waals surface area contributed by atoms with Gasteiger partial charge in [-0.3, -0.25) is 14.4 Å². The van der Waals surface area contributed by atoms with E-state index in [-0.39, 0.29) is 31.1 Å². The Labute approximate surface area is 323 Å². The first-order chi connectivity index (χ1) is 25.4. The van der Waals surface area contributed by atoms with Crippen LogP contribution in [-0.2, 0) is 28.6 Å². The van der Waals surface area contributed by atoms with Gasteiger partial charge in [-0.2, -0.15) is 0 Å². The lowest BCUT2D eigenvalue weighted by Crippen LogP contribution is -2.30. The molecule has 0 fully saturated rings. The first-order valence-corrected chi connectivity index (χ1v) is 22.9. The average Bonchev–Trinajstić information content (AvgIpc) is 3.12. The van der Waals surface area contributed by atoms with Gasteiger partial charge in [0.15, 0.2) is 6.10 Å². The molecule has 308 valence electrons. The van der Waals surface area contributed by atoms with Crippen molar-refractivity contribution in [2.45, 2.75) is 259 Å². The van der Waals surface area contributed by atoms with Gasteiger partial charge < -0.3 is 14.2 Å². The Morgan fingerprint density at radius 1 is 0.365 bits per heavy atom. The van der Waals surface area contributed by atoms with E-state index in [1.165, 1.54) is 141 Å². The van der Waals surface area contributed by atoms with E-state index >= 15 is 0 Å². The van der Waals surface area contributed by atoms with Gasteiger partial charge in [-0.15, -0.1) is 0 Å². The molecule has 0 radical (unpaired) electrons. The number of ether oxygens (including phenoxy) is 3. The highest BCUT2D eigenvalue weighted by Crippen LogP contribution is 2.16. The first kappa shape index (κ1) is 50.4. The van der Waals surface area contributed by atoms with Crippen molar-refractivity contribution >= 4 is 17.9 Å². The SMILES string of the molecule is CCCCCCCCCCCCC(=O)OC[C@@H](COC(=O)CCCCCCCCCCCCCCCCCCC(C)C)OC(=O)CCCCCCC. The minimum atomic E-state index is -0.756. The Kier molecular flexibility index (Phi) is 39.4. The molecule has 0 bridgehead atoms. The smallest absolute Gasteiger partial charge is 0.306 e. The summed E-state index contributed by atoms with van der Waals surface area (Å²) >= 11 is 0. The number of carbonyl (C=O) groups is 3. The standard InChI is InChI=1S/C46H88O6/c1-5-7-9-11-12-13-23-26-30-33-37-44(47)50-40-43(52-46(49)39-35-28-10-8-6-2)41-51-45(48)38-34-31-27-24-21-19-17-15-14-16-18-20-22-25-29-32-36-42(3)4/h42-43H,5-41H2,1-4H3/t43-/m0/s1. The highest BCUT2D eigenvalue weighted by Gasteiger charge is 2.19. The summed E-state index contributed by atoms with van der Waals surface area (Å²) in [5.74, 6) is -0.0171. The molecule has 0 unspecified atom stereocenters. The van der Waals surface area contributed by atoms with Crippen molar-refractivity contribution in [2.24, 2.45) is 5.92 Å². The molecular formula is C46H88O6. The molecule has 0 saturated carbocycles. The largest absolute Gasteiger partial charge is 0.462 e. The summed E-state index contributed by atoms with van der Waals surface area (Å²) in [7, 11) is 0. The molecule has 6 nitrogen and oxygen atoms in total. The van der Waals surface area contributed by atoms with E-state index in [1.807, 2.05) is 0 Å². The summed E-state index contributed by atoms with van der Waals surface area (Å²) in [6, 6.07) is 0. The highest BCUT2D eigenvalue weighted by molar-refractivity contribution is 5.71. The molecule has 52 heavy (non-hydrogen) atoms. The van der Waals surface area contributed by atoms with E-state index in [2.05, 4.69) is 27.7 Å². The van der Waals surface area contributed by atoms with Crippen LogP contribution in [0.4, 0.5) is 0 Å². The van der Waals surface area contributed by atoms with Gasteiger partial charge in [0.25, 0.3) is 0 Å². The van der Waals surface area contributed by atoms with Crippen molar-refractivity contribution in [1.29, 1.82) is 0 Å². The summed E-state index contributed by atoms with van der Waals surface area (Å²) in [6.07, 6.45) is 39.8. The van der Waals surface area contributed by atoms with Crippen molar-refractivity contribution < 1.29 is 28.6 Å². The predicted octanol–water partition coefficient (Wildman–Crippen LogP) is 14.3. The van der Waals surface area contributed by atoms with Crippen LogP contribution in [0.2, 0.25) is 0 Å². The number of esters is 3. The Morgan fingerprint density at radius 3 is 0.942 bits per heavy atom. The van der Waals surface area contributed by atoms with Crippen LogP contribution in [-0.4, -0.2) is 37.2 Å². The molecule has 0 aliphatic heterocycles. The maximum atomic E-state index is 12.5. The zero-order chi connectivity index (χ0) is 38.2. The van der Waals surface area contributed by atoms with E-state index < -0.39 is 6.10 Å². The fraction of sp³-hybridized carbons (Fsp3) is 0.935. The molecule has 0 aromatic rings. The van der Waals surface area contributed by atoms with Crippen LogP contribution in [0.25, 0.3) is 0 Å². The number of rotatable bonds is 41. The molecule has 0 aliphatic carbocycles. The number of hydrogen-bond acceptors (Lipinski definition) is 6. The quantitative estimate of drug-likeness (QED) is 0.0353. The summed E-state index contributed by atoms with van der Waals surface area (Å²) in [5.41, 5.74) is 0. The van der Waals surface area contributed by atoms with Crippen LogP contribution in [0.5, 0.6) is 0 Å². The van der Waals surface area contributed by atoms with Gasteiger partial charge in [0.2, 0.25) is 0 Å². The molecule has 0 saturated heterocycles. The van der Waals surface area contributed by atoms with E-state index in [1.54, 1.807) is 0 Å². The van der Waals surface area contributed by atoms with Gasteiger partial charge in [-0.25, -0.2) is 0 Å². The average molecular weight is 737 g/mol. The maximum absolute atomic E-state index is 12.5. The van der Waals surface area contributed by atoms with Gasteiger partial charge in [0.1, 0.15) is 13.2 Å². The van der Waals surface area contributed by atoms with Crippen molar-refractivity contribution in [3.05, 3.63) is 0 Å². The predicted molar refractivity (Wildman–Crippen MR) is 220 cm³/mol. The second kappa shape index (κ2) is 40.6. The minimum Gasteiger partial charge on any atom is -0.462 e. The molecule has 0 N–H and O–H groups in total. The summed E-state index contributed by atoms with van der Waals surface area (Å²) < 4.78 is 16.6. The topological polar surface area (TPSA) is 78.9 Å². The normalized spacial score (nSPS) is 11.9. The van der Waals surface area contributed by atoms with Crippen LogP contribution in [0.3, 0.4) is 0 Å². The summed E-state index contributed by atoms with van der Waals surface area (Å²) in [4.78, 5) is 37.4. The van der Waals surface area contributed by atoms with Gasteiger partial charge in [-0.1, -0.05) is 214 Å². The molecule has 0 aliphatic rings. The minimum absolute atomic E-state index is 0.0651.